The molecule has 164 valence electrons. The smallest absolute Gasteiger partial charge is 0.416 e. The van der Waals surface area contributed by atoms with Crippen molar-refractivity contribution in [2.75, 3.05) is 6.61 Å². The predicted octanol–water partition coefficient (Wildman–Crippen LogP) is 5.81. The van der Waals surface area contributed by atoms with Crippen molar-refractivity contribution in [3.05, 3.63) is 77.9 Å². The summed E-state index contributed by atoms with van der Waals surface area (Å²) < 4.78 is 50.7. The molecule has 0 saturated heterocycles. The Labute approximate surface area is 178 Å². The van der Waals surface area contributed by atoms with Gasteiger partial charge in [-0.1, -0.05) is 31.2 Å². The van der Waals surface area contributed by atoms with Gasteiger partial charge in [0, 0.05) is 12.5 Å². The van der Waals surface area contributed by atoms with Crippen molar-refractivity contribution < 1.29 is 32.9 Å². The monoisotopic (exact) mass is 432 g/mol. The van der Waals surface area contributed by atoms with E-state index in [1.807, 2.05) is 6.92 Å². The second-order valence-electron chi connectivity index (χ2n) is 7.05. The van der Waals surface area contributed by atoms with Gasteiger partial charge in [0.05, 0.1) is 12.2 Å². The van der Waals surface area contributed by atoms with Gasteiger partial charge in [-0.05, 0) is 59.5 Å². The fourth-order valence-corrected chi connectivity index (χ4v) is 3.07. The number of alkyl halides is 3. The Morgan fingerprint density at radius 1 is 0.839 bits per heavy atom. The minimum Gasteiger partial charge on any atom is -0.493 e. The van der Waals surface area contributed by atoms with E-state index >= 15 is 0 Å². The quantitative estimate of drug-likeness (QED) is 0.441. The fourth-order valence-electron chi connectivity index (χ4n) is 3.07. The van der Waals surface area contributed by atoms with Gasteiger partial charge in [-0.2, -0.15) is 13.2 Å². The lowest BCUT2D eigenvalue weighted by Gasteiger charge is -2.13. The summed E-state index contributed by atoms with van der Waals surface area (Å²) in [7, 11) is 0. The molecule has 0 aliphatic heterocycles. The molecule has 0 saturated carbocycles. The van der Waals surface area contributed by atoms with E-state index in [0.29, 0.717) is 40.5 Å². The standard InChI is InChI=1S/C24H23F3O4/c1-2-9-30-21-10-16(12-23(28)29)11-22(15-21)31-20-8-4-6-18(14-20)17-5-3-7-19(13-17)24(25,26)27/h3-8,10-11,13-15,23,28-29H,2,9,12H2,1H3. The van der Waals surface area contributed by atoms with Crippen LogP contribution in [0.25, 0.3) is 11.1 Å². The van der Waals surface area contributed by atoms with Crippen molar-refractivity contribution in [3.63, 3.8) is 0 Å². The zero-order chi connectivity index (χ0) is 22.4. The number of aliphatic hydroxyl groups is 2. The van der Waals surface area contributed by atoms with E-state index in [1.165, 1.54) is 6.07 Å². The lowest BCUT2D eigenvalue weighted by molar-refractivity contribution is -0.137. The molecule has 0 spiro atoms. The molecule has 0 fully saturated rings. The molecule has 7 heteroatoms. The first-order chi connectivity index (χ1) is 14.7. The van der Waals surface area contributed by atoms with Gasteiger partial charge in [0.25, 0.3) is 0 Å². The molecule has 0 aliphatic carbocycles. The average molecular weight is 432 g/mol. The molecule has 4 nitrogen and oxygen atoms in total. The summed E-state index contributed by atoms with van der Waals surface area (Å²) in [5.74, 6) is 1.38. The largest absolute Gasteiger partial charge is 0.493 e. The van der Waals surface area contributed by atoms with Crippen molar-refractivity contribution in [1.29, 1.82) is 0 Å². The Kier molecular flexibility index (Phi) is 7.20. The maximum Gasteiger partial charge on any atom is 0.416 e. The molecule has 3 aromatic rings. The van der Waals surface area contributed by atoms with Gasteiger partial charge in [-0.3, -0.25) is 0 Å². The molecule has 0 heterocycles. The summed E-state index contributed by atoms with van der Waals surface area (Å²) in [6.45, 7) is 2.47. The van der Waals surface area contributed by atoms with E-state index in [2.05, 4.69) is 0 Å². The normalized spacial score (nSPS) is 11.6. The van der Waals surface area contributed by atoms with Crippen LogP contribution < -0.4 is 9.47 Å². The molecule has 0 aliphatic rings. The van der Waals surface area contributed by atoms with E-state index in [-0.39, 0.29) is 6.42 Å². The lowest BCUT2D eigenvalue weighted by atomic mass is 10.0. The van der Waals surface area contributed by atoms with Gasteiger partial charge in [-0.15, -0.1) is 0 Å². The summed E-state index contributed by atoms with van der Waals surface area (Å²) >= 11 is 0. The highest BCUT2D eigenvalue weighted by Gasteiger charge is 2.30. The van der Waals surface area contributed by atoms with Crippen LogP contribution in [0.3, 0.4) is 0 Å². The lowest BCUT2D eigenvalue weighted by Crippen LogP contribution is -2.08. The van der Waals surface area contributed by atoms with Gasteiger partial charge in [0.15, 0.2) is 6.29 Å². The number of hydrogen-bond acceptors (Lipinski definition) is 4. The van der Waals surface area contributed by atoms with Crippen LogP contribution in [0.1, 0.15) is 24.5 Å². The van der Waals surface area contributed by atoms with Crippen LogP contribution in [0.2, 0.25) is 0 Å². The first-order valence-corrected chi connectivity index (χ1v) is 9.83. The number of halogens is 3. The first-order valence-electron chi connectivity index (χ1n) is 9.83. The molecular formula is C24H23F3O4. The van der Waals surface area contributed by atoms with E-state index in [9.17, 15) is 23.4 Å². The third-order valence-electron chi connectivity index (χ3n) is 4.42. The van der Waals surface area contributed by atoms with Gasteiger partial charge < -0.3 is 19.7 Å². The van der Waals surface area contributed by atoms with Gasteiger partial charge in [-0.25, -0.2) is 0 Å². The van der Waals surface area contributed by atoms with Gasteiger partial charge in [0.1, 0.15) is 17.2 Å². The van der Waals surface area contributed by atoms with E-state index < -0.39 is 18.0 Å². The highest BCUT2D eigenvalue weighted by Crippen LogP contribution is 2.34. The van der Waals surface area contributed by atoms with Crippen LogP contribution in [-0.2, 0) is 12.6 Å². The summed E-state index contributed by atoms with van der Waals surface area (Å²) in [4.78, 5) is 0. The van der Waals surface area contributed by atoms with Crippen LogP contribution in [0, 0.1) is 0 Å². The third-order valence-corrected chi connectivity index (χ3v) is 4.42. The van der Waals surface area contributed by atoms with E-state index in [1.54, 1.807) is 48.5 Å². The summed E-state index contributed by atoms with van der Waals surface area (Å²) in [6, 6.07) is 16.9. The van der Waals surface area contributed by atoms with Crippen molar-refractivity contribution in [2.45, 2.75) is 32.2 Å². The molecule has 2 N–H and O–H groups in total. The molecule has 0 aromatic heterocycles. The highest BCUT2D eigenvalue weighted by molar-refractivity contribution is 5.66. The van der Waals surface area contributed by atoms with Crippen LogP contribution in [-0.4, -0.2) is 23.1 Å². The van der Waals surface area contributed by atoms with Crippen LogP contribution in [0.15, 0.2) is 66.7 Å². The number of rotatable bonds is 8. The Bertz CT molecular complexity index is 1020. The minimum atomic E-state index is -4.42. The van der Waals surface area contributed by atoms with Crippen LogP contribution >= 0.6 is 0 Å². The molecule has 3 rings (SSSR count). The van der Waals surface area contributed by atoms with Crippen LogP contribution in [0.4, 0.5) is 13.2 Å². The van der Waals surface area contributed by atoms with Crippen LogP contribution in [0.5, 0.6) is 17.2 Å². The van der Waals surface area contributed by atoms with Crippen molar-refractivity contribution in [1.82, 2.24) is 0 Å². The Morgan fingerprint density at radius 2 is 1.52 bits per heavy atom. The summed E-state index contributed by atoms with van der Waals surface area (Å²) in [6.07, 6.45) is -5.12. The van der Waals surface area contributed by atoms with Crippen molar-refractivity contribution in [2.24, 2.45) is 0 Å². The Balaban J connectivity index is 1.88. The second kappa shape index (κ2) is 9.85. The molecule has 0 radical (unpaired) electrons. The molecule has 3 aromatic carbocycles. The Morgan fingerprint density at radius 3 is 2.19 bits per heavy atom. The Hall–Kier alpha value is -3.03. The zero-order valence-electron chi connectivity index (χ0n) is 16.9. The highest BCUT2D eigenvalue weighted by atomic mass is 19.4. The SMILES string of the molecule is CCCOc1cc(CC(O)O)cc(Oc2cccc(-c3cccc(C(F)(F)F)c3)c2)c1. The molecule has 0 bridgehead atoms. The van der Waals surface area contributed by atoms with E-state index in [4.69, 9.17) is 9.47 Å². The second-order valence-corrected chi connectivity index (χ2v) is 7.05. The summed E-state index contributed by atoms with van der Waals surface area (Å²) in [5, 5.41) is 18.6. The predicted molar refractivity (Wildman–Crippen MR) is 111 cm³/mol. The third kappa shape index (κ3) is 6.47. The zero-order valence-corrected chi connectivity index (χ0v) is 16.9. The topological polar surface area (TPSA) is 58.9 Å². The van der Waals surface area contributed by atoms with Crippen molar-refractivity contribution in [3.8, 4) is 28.4 Å². The number of ether oxygens (including phenoxy) is 2. The molecule has 0 amide bonds. The number of benzene rings is 3. The fraction of sp³-hybridized carbons (Fsp3) is 0.250. The molecular weight excluding hydrogens is 409 g/mol. The van der Waals surface area contributed by atoms with Crippen molar-refractivity contribution >= 4 is 0 Å². The molecule has 0 atom stereocenters. The molecule has 31 heavy (non-hydrogen) atoms. The maximum atomic E-state index is 13.0. The summed E-state index contributed by atoms with van der Waals surface area (Å²) in [5.41, 5.74) is 0.898. The molecule has 0 unspecified atom stereocenters. The average Bonchev–Trinajstić information content (AvgIpc) is 2.71. The minimum absolute atomic E-state index is 0.00393. The van der Waals surface area contributed by atoms with Gasteiger partial charge in [0.2, 0.25) is 0 Å². The maximum absolute atomic E-state index is 13.0. The first kappa shape index (κ1) is 22.7. The number of hydrogen-bond donors (Lipinski definition) is 2. The number of aliphatic hydroxyl groups excluding tert-OH is 1. The van der Waals surface area contributed by atoms with E-state index in [0.717, 1.165) is 18.6 Å². The van der Waals surface area contributed by atoms with Gasteiger partial charge >= 0.3 is 6.18 Å².